The van der Waals surface area contributed by atoms with Crippen LogP contribution in [0.3, 0.4) is 0 Å². The van der Waals surface area contributed by atoms with Crippen LogP contribution in [-0.2, 0) is 17.1 Å². The minimum atomic E-state index is -3.39. The van der Waals surface area contributed by atoms with Crippen LogP contribution >= 0.6 is 15.9 Å². The molecule has 1 unspecified atom stereocenters. The number of aromatic nitrogens is 2. The predicted molar refractivity (Wildman–Crippen MR) is 73.1 cm³/mol. The zero-order valence-electron chi connectivity index (χ0n) is 10.4. The molecule has 0 saturated carbocycles. The minimum absolute atomic E-state index is 0.141. The second-order valence-electron chi connectivity index (χ2n) is 4.54. The van der Waals surface area contributed by atoms with Crippen molar-refractivity contribution in [1.82, 2.24) is 14.1 Å². The molecule has 1 aliphatic rings. The molecule has 2 rings (SSSR count). The van der Waals surface area contributed by atoms with Gasteiger partial charge < -0.3 is 0 Å². The first kappa shape index (κ1) is 14.0. The molecular weight excluding hydrogens is 318 g/mol. The van der Waals surface area contributed by atoms with Crippen LogP contribution in [-0.4, -0.2) is 40.4 Å². The highest BCUT2D eigenvalue weighted by molar-refractivity contribution is 9.09. The van der Waals surface area contributed by atoms with E-state index in [1.807, 2.05) is 0 Å². The van der Waals surface area contributed by atoms with Gasteiger partial charge in [-0.3, -0.25) is 4.68 Å². The number of aryl methyl sites for hydroxylation is 1. The molecule has 1 fully saturated rings. The minimum Gasteiger partial charge on any atom is -0.256 e. The highest BCUT2D eigenvalue weighted by Gasteiger charge is 2.36. The Hall–Kier alpha value is -0.400. The lowest BCUT2D eigenvalue weighted by atomic mass is 10.1. The first-order valence-corrected chi connectivity index (χ1v) is 8.69. The summed E-state index contributed by atoms with van der Waals surface area (Å²) in [6, 6.07) is 1.71. The second-order valence-corrected chi connectivity index (χ2v) is 7.17. The smallest absolute Gasteiger partial charge is 0.256 e. The number of hydrogen-bond donors (Lipinski definition) is 0. The summed E-state index contributed by atoms with van der Waals surface area (Å²) in [6.07, 6.45) is 5.36. The van der Waals surface area contributed by atoms with Gasteiger partial charge in [-0.1, -0.05) is 15.9 Å². The molecule has 0 amide bonds. The van der Waals surface area contributed by atoms with Crippen molar-refractivity contribution in [2.75, 3.05) is 11.9 Å². The fraction of sp³-hybridized carbons (Fsp3) is 0.727. The molecule has 0 bridgehead atoms. The Bertz CT molecular complexity index is 500. The molecule has 1 aromatic rings. The maximum absolute atomic E-state index is 12.5. The van der Waals surface area contributed by atoms with Gasteiger partial charge in [0.15, 0.2) is 5.03 Å². The van der Waals surface area contributed by atoms with Gasteiger partial charge in [-0.05, 0) is 31.7 Å². The summed E-state index contributed by atoms with van der Waals surface area (Å²) in [4.78, 5) is 0. The Labute approximate surface area is 116 Å². The van der Waals surface area contributed by atoms with Crippen molar-refractivity contribution in [3.8, 4) is 0 Å². The standard InChI is InChI=1S/C11H18BrN3O2S/c1-14-11(6-8-13-14)18(16,17)15-9-3-5-10(15)4-2-7-12/h6,8,10H,2-5,7,9H2,1H3. The molecule has 0 radical (unpaired) electrons. The first-order valence-electron chi connectivity index (χ1n) is 6.13. The summed E-state index contributed by atoms with van der Waals surface area (Å²) in [5.74, 6) is 0. The Morgan fingerprint density at radius 3 is 2.94 bits per heavy atom. The van der Waals surface area contributed by atoms with Crippen LogP contribution < -0.4 is 0 Å². The van der Waals surface area contributed by atoms with Crippen molar-refractivity contribution < 1.29 is 8.42 Å². The maximum atomic E-state index is 12.5. The molecule has 18 heavy (non-hydrogen) atoms. The van der Waals surface area contributed by atoms with E-state index < -0.39 is 10.0 Å². The fourth-order valence-corrected chi connectivity index (χ4v) is 4.61. The Kier molecular flexibility index (Phi) is 4.45. The molecule has 1 saturated heterocycles. The van der Waals surface area contributed by atoms with Gasteiger partial charge in [0.25, 0.3) is 10.0 Å². The van der Waals surface area contributed by atoms with Crippen LogP contribution in [0.5, 0.6) is 0 Å². The molecule has 2 heterocycles. The normalized spacial score (nSPS) is 21.6. The van der Waals surface area contributed by atoms with Crippen LogP contribution in [0.15, 0.2) is 17.3 Å². The number of sulfonamides is 1. The van der Waals surface area contributed by atoms with Gasteiger partial charge in [0.1, 0.15) is 0 Å². The first-order chi connectivity index (χ1) is 8.57. The number of nitrogens with zero attached hydrogens (tertiary/aromatic N) is 3. The van der Waals surface area contributed by atoms with Crippen LogP contribution in [0.1, 0.15) is 25.7 Å². The van der Waals surface area contributed by atoms with Crippen molar-refractivity contribution in [2.45, 2.75) is 36.8 Å². The van der Waals surface area contributed by atoms with Crippen LogP contribution in [0.25, 0.3) is 0 Å². The molecule has 0 spiro atoms. The van der Waals surface area contributed by atoms with Crippen LogP contribution in [0, 0.1) is 0 Å². The third kappa shape index (κ3) is 2.62. The zero-order valence-corrected chi connectivity index (χ0v) is 12.8. The molecule has 0 N–H and O–H groups in total. The van der Waals surface area contributed by atoms with Gasteiger partial charge in [-0.25, -0.2) is 8.42 Å². The molecule has 5 nitrogen and oxygen atoms in total. The zero-order chi connectivity index (χ0) is 13.2. The van der Waals surface area contributed by atoms with Crippen LogP contribution in [0.2, 0.25) is 0 Å². The molecular formula is C11H18BrN3O2S. The summed E-state index contributed by atoms with van der Waals surface area (Å²) in [6.45, 7) is 0.625. The predicted octanol–water partition coefficient (Wildman–Crippen LogP) is 1.75. The number of alkyl halides is 1. The van der Waals surface area contributed by atoms with E-state index in [-0.39, 0.29) is 11.1 Å². The van der Waals surface area contributed by atoms with Gasteiger partial charge >= 0.3 is 0 Å². The van der Waals surface area contributed by atoms with Crippen molar-refractivity contribution in [1.29, 1.82) is 0 Å². The lowest BCUT2D eigenvalue weighted by molar-refractivity contribution is 0.365. The number of halogens is 1. The lowest BCUT2D eigenvalue weighted by Gasteiger charge is -2.23. The van der Waals surface area contributed by atoms with Crippen molar-refractivity contribution in [3.05, 3.63) is 12.3 Å². The Balaban J connectivity index is 2.22. The Morgan fingerprint density at radius 2 is 2.33 bits per heavy atom. The van der Waals surface area contributed by atoms with E-state index in [1.165, 1.54) is 10.9 Å². The lowest BCUT2D eigenvalue weighted by Crippen LogP contribution is -2.36. The summed E-state index contributed by atoms with van der Waals surface area (Å²) in [5.41, 5.74) is 0. The third-order valence-corrected chi connectivity index (χ3v) is 5.93. The molecule has 1 aromatic heterocycles. The van der Waals surface area contributed by atoms with Crippen molar-refractivity contribution >= 4 is 26.0 Å². The van der Waals surface area contributed by atoms with Crippen molar-refractivity contribution in [2.24, 2.45) is 7.05 Å². The summed E-state index contributed by atoms with van der Waals surface area (Å²) in [5, 5.41) is 5.15. The van der Waals surface area contributed by atoms with E-state index in [9.17, 15) is 8.42 Å². The Morgan fingerprint density at radius 1 is 1.56 bits per heavy atom. The van der Waals surface area contributed by atoms with E-state index in [2.05, 4.69) is 21.0 Å². The molecule has 0 aliphatic carbocycles. The van der Waals surface area contributed by atoms with E-state index in [0.717, 1.165) is 31.0 Å². The molecule has 7 heteroatoms. The second kappa shape index (κ2) is 5.71. The van der Waals surface area contributed by atoms with Gasteiger partial charge in [-0.2, -0.15) is 9.40 Å². The summed E-state index contributed by atoms with van der Waals surface area (Å²) < 4.78 is 28.2. The molecule has 1 aliphatic heterocycles. The van der Waals surface area contributed by atoms with Gasteiger partial charge in [0.2, 0.25) is 0 Å². The average molecular weight is 336 g/mol. The van der Waals surface area contributed by atoms with E-state index in [4.69, 9.17) is 0 Å². The van der Waals surface area contributed by atoms with E-state index in [1.54, 1.807) is 17.4 Å². The average Bonchev–Trinajstić information content (AvgIpc) is 2.94. The largest absolute Gasteiger partial charge is 0.260 e. The van der Waals surface area contributed by atoms with E-state index in [0.29, 0.717) is 6.54 Å². The van der Waals surface area contributed by atoms with Gasteiger partial charge in [-0.15, -0.1) is 0 Å². The van der Waals surface area contributed by atoms with Gasteiger partial charge in [0.05, 0.1) is 6.20 Å². The SMILES string of the molecule is Cn1nccc1S(=O)(=O)N1CCCC1CCCBr. The number of hydrogen-bond acceptors (Lipinski definition) is 3. The maximum Gasteiger partial charge on any atom is 0.260 e. The topological polar surface area (TPSA) is 55.2 Å². The highest BCUT2D eigenvalue weighted by atomic mass is 79.9. The van der Waals surface area contributed by atoms with Crippen LogP contribution in [0.4, 0.5) is 0 Å². The summed E-state index contributed by atoms with van der Waals surface area (Å²) in [7, 11) is -1.72. The van der Waals surface area contributed by atoms with Crippen molar-refractivity contribution in [3.63, 3.8) is 0 Å². The summed E-state index contributed by atoms with van der Waals surface area (Å²) >= 11 is 3.40. The quantitative estimate of drug-likeness (QED) is 0.770. The monoisotopic (exact) mass is 335 g/mol. The molecule has 1 atom stereocenters. The van der Waals surface area contributed by atoms with E-state index >= 15 is 0 Å². The molecule has 0 aromatic carbocycles. The highest BCUT2D eigenvalue weighted by Crippen LogP contribution is 2.28. The van der Waals surface area contributed by atoms with Gasteiger partial charge in [0, 0.05) is 25.0 Å². The molecule has 102 valence electrons. The fourth-order valence-electron chi connectivity index (χ4n) is 2.46. The third-order valence-electron chi connectivity index (χ3n) is 3.34. The number of rotatable bonds is 5.